The second kappa shape index (κ2) is 8.80. The lowest BCUT2D eigenvalue weighted by atomic mass is 10.1. The summed E-state index contributed by atoms with van der Waals surface area (Å²) in [5.74, 6) is 0.861. The minimum absolute atomic E-state index is 0.0397. The Labute approximate surface area is 152 Å². The summed E-state index contributed by atoms with van der Waals surface area (Å²) in [5.41, 5.74) is 2.79. The highest BCUT2D eigenvalue weighted by Crippen LogP contribution is 2.13. The third-order valence-electron chi connectivity index (χ3n) is 4.03. The van der Waals surface area contributed by atoms with Gasteiger partial charge in [-0.3, -0.25) is 14.5 Å². The number of nitrogens with one attached hydrogen (secondary N) is 1. The molecular weight excluding hydrogens is 328 g/mol. The molecule has 6 nitrogen and oxygen atoms in total. The monoisotopic (exact) mass is 350 g/mol. The van der Waals surface area contributed by atoms with Crippen molar-refractivity contribution >= 4 is 5.91 Å². The van der Waals surface area contributed by atoms with Gasteiger partial charge in [-0.2, -0.15) is 5.10 Å². The highest BCUT2D eigenvalue weighted by Gasteiger charge is 2.05. The molecule has 0 radical (unpaired) electrons. The molecule has 3 aromatic rings. The number of pyridine rings is 1. The van der Waals surface area contributed by atoms with Crippen molar-refractivity contribution < 1.29 is 9.53 Å². The van der Waals surface area contributed by atoms with Crippen LogP contribution in [0.1, 0.15) is 12.0 Å². The number of carbonyl (C=O) groups is 1. The maximum Gasteiger partial charge on any atom is 0.220 e. The van der Waals surface area contributed by atoms with Crippen LogP contribution in [0.4, 0.5) is 0 Å². The van der Waals surface area contributed by atoms with Crippen LogP contribution in [0.25, 0.3) is 11.4 Å². The molecule has 0 saturated heterocycles. The van der Waals surface area contributed by atoms with Crippen LogP contribution in [0.2, 0.25) is 0 Å². The molecule has 0 unspecified atom stereocenters. The van der Waals surface area contributed by atoms with E-state index < -0.39 is 0 Å². The van der Waals surface area contributed by atoms with E-state index in [9.17, 15) is 4.79 Å². The molecule has 0 aliphatic carbocycles. The standard InChI is InChI=1S/C20H22N4O2/c1-26-17-8-5-16(6-9-17)7-10-20(25)22-13-15-24-14-11-19(23-24)18-4-2-3-12-21-18/h2-6,8-9,11-12,14H,7,10,13,15H2,1H3,(H,22,25). The van der Waals surface area contributed by atoms with Crippen LogP contribution in [0.5, 0.6) is 5.75 Å². The number of aryl methyl sites for hydroxylation is 1. The van der Waals surface area contributed by atoms with Crippen molar-refractivity contribution in [2.24, 2.45) is 0 Å². The predicted molar refractivity (Wildman–Crippen MR) is 99.8 cm³/mol. The molecule has 0 atom stereocenters. The van der Waals surface area contributed by atoms with Crippen LogP contribution in [-0.4, -0.2) is 34.3 Å². The Morgan fingerprint density at radius 1 is 1.12 bits per heavy atom. The number of amides is 1. The van der Waals surface area contributed by atoms with Gasteiger partial charge in [0.05, 0.1) is 19.3 Å². The average molecular weight is 350 g/mol. The molecule has 2 aromatic heterocycles. The summed E-state index contributed by atoms with van der Waals surface area (Å²) in [6.45, 7) is 1.17. The molecule has 0 fully saturated rings. The summed E-state index contributed by atoms with van der Waals surface area (Å²) < 4.78 is 6.94. The maximum absolute atomic E-state index is 12.0. The van der Waals surface area contributed by atoms with E-state index in [4.69, 9.17) is 4.74 Å². The van der Waals surface area contributed by atoms with Crippen LogP contribution in [0.15, 0.2) is 60.9 Å². The molecule has 0 spiro atoms. The van der Waals surface area contributed by atoms with Crippen LogP contribution in [0.3, 0.4) is 0 Å². The summed E-state index contributed by atoms with van der Waals surface area (Å²) in [4.78, 5) is 16.3. The number of hydrogen-bond acceptors (Lipinski definition) is 4. The first-order valence-corrected chi connectivity index (χ1v) is 8.59. The summed E-state index contributed by atoms with van der Waals surface area (Å²) in [5, 5.41) is 7.41. The quantitative estimate of drug-likeness (QED) is 0.678. The molecule has 1 N–H and O–H groups in total. The van der Waals surface area contributed by atoms with E-state index in [0.29, 0.717) is 25.9 Å². The summed E-state index contributed by atoms with van der Waals surface area (Å²) in [7, 11) is 1.64. The Balaban J connectivity index is 1.40. The lowest BCUT2D eigenvalue weighted by Gasteiger charge is -2.06. The second-order valence-electron chi connectivity index (χ2n) is 5.88. The SMILES string of the molecule is COc1ccc(CCC(=O)NCCn2ccc(-c3ccccn3)n2)cc1. The van der Waals surface area contributed by atoms with Crippen LogP contribution >= 0.6 is 0 Å². The lowest BCUT2D eigenvalue weighted by molar-refractivity contribution is -0.121. The number of rotatable bonds is 8. The van der Waals surface area contributed by atoms with Gasteiger partial charge >= 0.3 is 0 Å². The number of benzene rings is 1. The number of carbonyl (C=O) groups excluding carboxylic acids is 1. The number of methoxy groups -OCH3 is 1. The van der Waals surface area contributed by atoms with Gasteiger partial charge < -0.3 is 10.1 Å². The molecule has 0 aliphatic rings. The number of ether oxygens (including phenoxy) is 1. The first kappa shape index (κ1) is 17.7. The van der Waals surface area contributed by atoms with Crippen molar-refractivity contribution in [3.05, 3.63) is 66.5 Å². The van der Waals surface area contributed by atoms with Crippen LogP contribution in [0, 0.1) is 0 Å². The molecule has 0 saturated carbocycles. The fourth-order valence-corrected chi connectivity index (χ4v) is 2.59. The fraction of sp³-hybridized carbons (Fsp3) is 0.250. The third kappa shape index (κ3) is 4.92. The highest BCUT2D eigenvalue weighted by atomic mass is 16.5. The van der Waals surface area contributed by atoms with E-state index in [1.165, 1.54) is 0 Å². The van der Waals surface area contributed by atoms with E-state index >= 15 is 0 Å². The van der Waals surface area contributed by atoms with Gasteiger partial charge in [0.25, 0.3) is 0 Å². The van der Waals surface area contributed by atoms with Gasteiger partial charge in [0.1, 0.15) is 11.4 Å². The summed E-state index contributed by atoms with van der Waals surface area (Å²) in [6.07, 6.45) is 4.82. The Hall–Kier alpha value is -3.15. The zero-order valence-electron chi connectivity index (χ0n) is 14.8. The zero-order valence-corrected chi connectivity index (χ0v) is 14.8. The maximum atomic E-state index is 12.0. The average Bonchev–Trinajstić information content (AvgIpc) is 3.16. The van der Waals surface area contributed by atoms with Crippen molar-refractivity contribution in [3.8, 4) is 17.1 Å². The molecule has 3 rings (SSSR count). The van der Waals surface area contributed by atoms with Gasteiger partial charge in [-0.1, -0.05) is 18.2 Å². The van der Waals surface area contributed by atoms with Crippen molar-refractivity contribution in [1.82, 2.24) is 20.1 Å². The Kier molecular flexibility index (Phi) is 5.98. The normalized spacial score (nSPS) is 10.5. The van der Waals surface area contributed by atoms with Gasteiger partial charge in [0.15, 0.2) is 0 Å². The molecule has 0 aliphatic heterocycles. The number of hydrogen-bond donors (Lipinski definition) is 1. The van der Waals surface area contributed by atoms with Crippen molar-refractivity contribution in [2.75, 3.05) is 13.7 Å². The van der Waals surface area contributed by atoms with Crippen LogP contribution in [-0.2, 0) is 17.8 Å². The molecule has 6 heteroatoms. The topological polar surface area (TPSA) is 69.0 Å². The van der Waals surface area contributed by atoms with Crippen molar-refractivity contribution in [2.45, 2.75) is 19.4 Å². The van der Waals surface area contributed by atoms with Gasteiger partial charge in [-0.25, -0.2) is 0 Å². The van der Waals surface area contributed by atoms with E-state index in [1.807, 2.05) is 59.4 Å². The minimum Gasteiger partial charge on any atom is -0.497 e. The van der Waals surface area contributed by atoms with E-state index in [-0.39, 0.29) is 5.91 Å². The Bertz CT molecular complexity index is 829. The summed E-state index contributed by atoms with van der Waals surface area (Å²) in [6, 6.07) is 15.4. The number of aromatic nitrogens is 3. The van der Waals surface area contributed by atoms with Crippen LogP contribution < -0.4 is 10.1 Å². The Morgan fingerprint density at radius 2 is 1.96 bits per heavy atom. The van der Waals surface area contributed by atoms with Gasteiger partial charge in [0, 0.05) is 25.4 Å². The first-order chi connectivity index (χ1) is 12.7. The third-order valence-corrected chi connectivity index (χ3v) is 4.03. The lowest BCUT2D eigenvalue weighted by Crippen LogP contribution is -2.27. The molecule has 134 valence electrons. The molecule has 26 heavy (non-hydrogen) atoms. The van der Waals surface area contributed by atoms with Gasteiger partial charge in [-0.15, -0.1) is 0 Å². The molecule has 2 heterocycles. The zero-order chi connectivity index (χ0) is 18.2. The molecular formula is C20H22N4O2. The fourth-order valence-electron chi connectivity index (χ4n) is 2.59. The summed E-state index contributed by atoms with van der Waals surface area (Å²) >= 11 is 0. The second-order valence-corrected chi connectivity index (χ2v) is 5.88. The minimum atomic E-state index is 0.0397. The predicted octanol–water partition coefficient (Wildman–Crippen LogP) is 2.70. The van der Waals surface area contributed by atoms with Gasteiger partial charge in [0.2, 0.25) is 5.91 Å². The number of nitrogens with zero attached hydrogens (tertiary/aromatic N) is 3. The molecule has 0 bridgehead atoms. The highest BCUT2D eigenvalue weighted by molar-refractivity contribution is 5.76. The van der Waals surface area contributed by atoms with Crippen molar-refractivity contribution in [3.63, 3.8) is 0 Å². The van der Waals surface area contributed by atoms with Gasteiger partial charge in [-0.05, 0) is 42.3 Å². The molecule has 1 aromatic carbocycles. The Morgan fingerprint density at radius 3 is 2.69 bits per heavy atom. The van der Waals surface area contributed by atoms with E-state index in [1.54, 1.807) is 13.3 Å². The first-order valence-electron chi connectivity index (χ1n) is 8.59. The van der Waals surface area contributed by atoms with Crippen molar-refractivity contribution in [1.29, 1.82) is 0 Å². The van der Waals surface area contributed by atoms with E-state index in [2.05, 4.69) is 15.4 Å². The molecule has 1 amide bonds. The largest absolute Gasteiger partial charge is 0.497 e. The smallest absolute Gasteiger partial charge is 0.220 e. The van der Waals surface area contributed by atoms with E-state index in [0.717, 1.165) is 22.7 Å².